The van der Waals surface area contributed by atoms with Gasteiger partial charge in [0.25, 0.3) is 0 Å². The van der Waals surface area contributed by atoms with E-state index in [2.05, 4.69) is 20.3 Å². The van der Waals surface area contributed by atoms with Gasteiger partial charge in [-0.25, -0.2) is 15.0 Å². The summed E-state index contributed by atoms with van der Waals surface area (Å²) in [6, 6.07) is 3.71. The summed E-state index contributed by atoms with van der Waals surface area (Å²) in [6.07, 6.45) is 6.95. The summed E-state index contributed by atoms with van der Waals surface area (Å²) in [4.78, 5) is 12.1. The summed E-state index contributed by atoms with van der Waals surface area (Å²) in [5, 5.41) is 11.9. The number of nitrogens with one attached hydrogen (secondary N) is 1. The van der Waals surface area contributed by atoms with Crippen molar-refractivity contribution >= 4 is 5.95 Å². The molecule has 0 fully saturated rings. The topological polar surface area (TPSA) is 79.4 Å². The lowest BCUT2D eigenvalue weighted by Crippen LogP contribution is -2.22. The van der Waals surface area contributed by atoms with Crippen LogP contribution in [0.3, 0.4) is 0 Å². The highest BCUT2D eigenvalue weighted by molar-refractivity contribution is 5.30. The number of aromatic nitrogens is 4. The number of nitriles is 1. The van der Waals surface area contributed by atoms with Crippen molar-refractivity contribution in [2.24, 2.45) is 0 Å². The standard InChI is InChI=1S/C11H12N6/c1-9(7-17-5-4-13-8-17)15-11-14-3-2-10(6-12)16-11/h2-5,8-9H,7H2,1H3,(H,14,15,16). The normalized spacial score (nSPS) is 11.8. The van der Waals surface area contributed by atoms with Crippen molar-refractivity contribution in [3.8, 4) is 6.07 Å². The SMILES string of the molecule is CC(Cn1ccnc1)Nc1nccc(C#N)n1. The highest BCUT2D eigenvalue weighted by Gasteiger charge is 2.05. The Balaban J connectivity index is 1.98. The van der Waals surface area contributed by atoms with Gasteiger partial charge in [-0.2, -0.15) is 5.26 Å². The number of hydrogen-bond donors (Lipinski definition) is 1. The van der Waals surface area contributed by atoms with Crippen LogP contribution in [0.15, 0.2) is 31.0 Å². The second-order valence-electron chi connectivity index (χ2n) is 3.68. The molecule has 0 saturated carbocycles. The van der Waals surface area contributed by atoms with Crippen molar-refractivity contribution in [3.05, 3.63) is 36.7 Å². The average Bonchev–Trinajstić information content (AvgIpc) is 2.82. The van der Waals surface area contributed by atoms with Crippen molar-refractivity contribution in [1.29, 1.82) is 5.26 Å². The summed E-state index contributed by atoms with van der Waals surface area (Å²) in [5.41, 5.74) is 0.359. The molecule has 0 bridgehead atoms. The molecule has 2 aromatic heterocycles. The van der Waals surface area contributed by atoms with Gasteiger partial charge in [0.05, 0.1) is 6.33 Å². The molecule has 0 aliphatic heterocycles. The minimum absolute atomic E-state index is 0.151. The third-order valence-corrected chi connectivity index (χ3v) is 2.19. The zero-order valence-electron chi connectivity index (χ0n) is 9.41. The van der Waals surface area contributed by atoms with Crippen LogP contribution in [-0.2, 0) is 6.54 Å². The van der Waals surface area contributed by atoms with E-state index in [0.29, 0.717) is 11.6 Å². The summed E-state index contributed by atoms with van der Waals surface area (Å²) in [5.74, 6) is 0.469. The maximum Gasteiger partial charge on any atom is 0.224 e. The van der Waals surface area contributed by atoms with Gasteiger partial charge >= 0.3 is 0 Å². The molecule has 0 radical (unpaired) electrons. The third-order valence-electron chi connectivity index (χ3n) is 2.19. The fourth-order valence-electron chi connectivity index (χ4n) is 1.47. The summed E-state index contributed by atoms with van der Waals surface area (Å²) < 4.78 is 1.96. The van der Waals surface area contributed by atoms with Gasteiger partial charge < -0.3 is 9.88 Å². The monoisotopic (exact) mass is 228 g/mol. The first-order valence-electron chi connectivity index (χ1n) is 5.23. The van der Waals surface area contributed by atoms with E-state index in [-0.39, 0.29) is 6.04 Å². The quantitative estimate of drug-likeness (QED) is 0.845. The minimum Gasteiger partial charge on any atom is -0.350 e. The highest BCUT2D eigenvalue weighted by atomic mass is 15.1. The van der Waals surface area contributed by atoms with Crippen molar-refractivity contribution in [2.75, 3.05) is 5.32 Å². The highest BCUT2D eigenvalue weighted by Crippen LogP contribution is 2.03. The Morgan fingerprint density at radius 3 is 3.12 bits per heavy atom. The van der Waals surface area contributed by atoms with Crippen molar-refractivity contribution < 1.29 is 0 Å². The largest absolute Gasteiger partial charge is 0.350 e. The first-order chi connectivity index (χ1) is 8.28. The Morgan fingerprint density at radius 1 is 1.53 bits per heavy atom. The summed E-state index contributed by atoms with van der Waals surface area (Å²) in [6.45, 7) is 2.78. The lowest BCUT2D eigenvalue weighted by Gasteiger charge is -2.13. The fraction of sp³-hybridized carbons (Fsp3) is 0.273. The molecule has 0 amide bonds. The second kappa shape index (κ2) is 5.07. The Bertz CT molecular complexity index is 513. The van der Waals surface area contributed by atoms with E-state index < -0.39 is 0 Å². The smallest absolute Gasteiger partial charge is 0.224 e. The van der Waals surface area contributed by atoms with E-state index >= 15 is 0 Å². The number of rotatable bonds is 4. The number of hydrogen-bond acceptors (Lipinski definition) is 5. The average molecular weight is 228 g/mol. The van der Waals surface area contributed by atoms with Crippen LogP contribution in [0.1, 0.15) is 12.6 Å². The molecule has 17 heavy (non-hydrogen) atoms. The number of anilines is 1. The van der Waals surface area contributed by atoms with Crippen LogP contribution in [0.5, 0.6) is 0 Å². The molecule has 2 rings (SSSR count). The van der Waals surface area contributed by atoms with Gasteiger partial charge in [-0.05, 0) is 13.0 Å². The molecule has 0 aromatic carbocycles. The minimum atomic E-state index is 0.151. The van der Waals surface area contributed by atoms with Crippen LogP contribution in [0.4, 0.5) is 5.95 Å². The lowest BCUT2D eigenvalue weighted by molar-refractivity contribution is 0.614. The maximum absolute atomic E-state index is 8.72. The van der Waals surface area contributed by atoms with Crippen LogP contribution in [0, 0.1) is 11.3 Å². The molecule has 1 unspecified atom stereocenters. The molecule has 2 heterocycles. The molecule has 0 saturated heterocycles. The molecular weight excluding hydrogens is 216 g/mol. The predicted molar refractivity (Wildman–Crippen MR) is 62.1 cm³/mol. The number of nitrogens with zero attached hydrogens (tertiary/aromatic N) is 5. The van der Waals surface area contributed by atoms with E-state index in [1.54, 1.807) is 24.8 Å². The van der Waals surface area contributed by atoms with E-state index in [0.717, 1.165) is 6.54 Å². The Labute approximate surface area is 99.0 Å². The fourth-order valence-corrected chi connectivity index (χ4v) is 1.47. The molecule has 2 aromatic rings. The molecule has 6 nitrogen and oxygen atoms in total. The van der Waals surface area contributed by atoms with Gasteiger partial charge in [0.1, 0.15) is 11.8 Å². The van der Waals surface area contributed by atoms with E-state index in [1.165, 1.54) is 0 Å². The lowest BCUT2D eigenvalue weighted by atomic mass is 10.3. The van der Waals surface area contributed by atoms with Crippen LogP contribution in [0.2, 0.25) is 0 Å². The van der Waals surface area contributed by atoms with E-state index in [9.17, 15) is 0 Å². The summed E-state index contributed by atoms with van der Waals surface area (Å²) >= 11 is 0. The molecule has 86 valence electrons. The molecule has 0 aliphatic rings. The number of imidazole rings is 1. The van der Waals surface area contributed by atoms with Gasteiger partial charge in [0, 0.05) is 31.2 Å². The van der Waals surface area contributed by atoms with Crippen molar-refractivity contribution in [2.45, 2.75) is 19.5 Å². The zero-order chi connectivity index (χ0) is 12.1. The van der Waals surface area contributed by atoms with Crippen molar-refractivity contribution in [1.82, 2.24) is 19.5 Å². The van der Waals surface area contributed by atoms with Gasteiger partial charge in [-0.1, -0.05) is 0 Å². The van der Waals surface area contributed by atoms with E-state index in [1.807, 2.05) is 23.8 Å². The second-order valence-corrected chi connectivity index (χ2v) is 3.68. The predicted octanol–water partition coefficient (Wildman–Crippen LogP) is 1.05. The molecule has 0 aliphatic carbocycles. The Kier molecular flexibility index (Phi) is 3.31. The molecule has 6 heteroatoms. The van der Waals surface area contributed by atoms with E-state index in [4.69, 9.17) is 5.26 Å². The van der Waals surface area contributed by atoms with Crippen LogP contribution in [0.25, 0.3) is 0 Å². The Morgan fingerprint density at radius 2 is 2.41 bits per heavy atom. The van der Waals surface area contributed by atoms with Gasteiger partial charge in [-0.3, -0.25) is 0 Å². The first kappa shape index (κ1) is 11.1. The maximum atomic E-state index is 8.72. The van der Waals surface area contributed by atoms with Gasteiger partial charge in [0.2, 0.25) is 5.95 Å². The molecular formula is C11H12N6. The van der Waals surface area contributed by atoms with Gasteiger partial charge in [-0.15, -0.1) is 0 Å². The van der Waals surface area contributed by atoms with Crippen LogP contribution < -0.4 is 5.32 Å². The third kappa shape index (κ3) is 3.01. The molecule has 1 atom stereocenters. The van der Waals surface area contributed by atoms with Gasteiger partial charge in [0.15, 0.2) is 0 Å². The van der Waals surface area contributed by atoms with Crippen LogP contribution in [-0.4, -0.2) is 25.6 Å². The van der Waals surface area contributed by atoms with Crippen molar-refractivity contribution in [3.63, 3.8) is 0 Å². The molecule has 1 N–H and O–H groups in total. The summed E-state index contributed by atoms with van der Waals surface area (Å²) in [7, 11) is 0. The Hall–Kier alpha value is -2.42. The zero-order valence-corrected chi connectivity index (χ0v) is 9.41. The molecule has 0 spiro atoms. The first-order valence-corrected chi connectivity index (χ1v) is 5.23. The van der Waals surface area contributed by atoms with Crippen LogP contribution >= 0.6 is 0 Å².